The van der Waals surface area contributed by atoms with Gasteiger partial charge in [-0.2, -0.15) is 0 Å². The van der Waals surface area contributed by atoms with Gasteiger partial charge < -0.3 is 10.1 Å². The third-order valence-corrected chi connectivity index (χ3v) is 2.17. The molecular weight excluding hydrogens is 205 g/mol. The van der Waals surface area contributed by atoms with Crippen LogP contribution in [0.15, 0.2) is 24.3 Å². The fraction of sp³-hybridized carbons (Fsp3) is 0.400. The van der Waals surface area contributed by atoms with Crippen molar-refractivity contribution in [2.75, 3.05) is 19.8 Å². The number of rotatable bonds is 1. The molecule has 2 rings (SSSR count). The summed E-state index contributed by atoms with van der Waals surface area (Å²) in [6, 6.07) is 6.78. The second kappa shape index (κ2) is 5.29. The van der Waals surface area contributed by atoms with Gasteiger partial charge in [0.1, 0.15) is 5.82 Å². The van der Waals surface area contributed by atoms with Crippen LogP contribution in [0.25, 0.3) is 0 Å². The molecule has 0 amide bonds. The van der Waals surface area contributed by atoms with Crippen molar-refractivity contribution in [1.82, 2.24) is 5.32 Å². The molecule has 4 heteroatoms. The molecule has 0 saturated carbocycles. The van der Waals surface area contributed by atoms with Crippen molar-refractivity contribution in [1.29, 1.82) is 0 Å². The zero-order chi connectivity index (χ0) is 9.10. The number of halogens is 2. The number of nitrogens with one attached hydrogen (secondary N) is 1. The van der Waals surface area contributed by atoms with Gasteiger partial charge in [-0.05, 0) is 17.7 Å². The van der Waals surface area contributed by atoms with Crippen molar-refractivity contribution in [2.24, 2.45) is 0 Å². The fourth-order valence-corrected chi connectivity index (χ4v) is 1.50. The van der Waals surface area contributed by atoms with Crippen LogP contribution in [0.3, 0.4) is 0 Å². The van der Waals surface area contributed by atoms with E-state index in [0.717, 1.165) is 18.7 Å². The normalized spacial score (nSPS) is 21.4. The standard InChI is InChI=1S/C10H12FNO.ClH/c11-9-3-1-2-8(6-9)10-7-13-5-4-12-10;/h1-3,6,10,12H,4-5,7H2;1H/t10-;/m0./s1. The topological polar surface area (TPSA) is 21.3 Å². The first kappa shape index (κ1) is 11.4. The number of benzene rings is 1. The largest absolute Gasteiger partial charge is 0.378 e. The lowest BCUT2D eigenvalue weighted by atomic mass is 10.1. The Bertz CT molecular complexity index is 289. The Labute approximate surface area is 88.9 Å². The predicted octanol–water partition coefficient (Wildman–Crippen LogP) is 1.91. The van der Waals surface area contributed by atoms with Crippen LogP contribution in [0.4, 0.5) is 4.39 Å². The second-order valence-electron chi connectivity index (χ2n) is 3.14. The maximum Gasteiger partial charge on any atom is 0.123 e. The molecule has 14 heavy (non-hydrogen) atoms. The Hall–Kier alpha value is -0.640. The minimum atomic E-state index is -0.190. The van der Waals surface area contributed by atoms with Gasteiger partial charge in [0.15, 0.2) is 0 Å². The summed E-state index contributed by atoms with van der Waals surface area (Å²) in [5.74, 6) is -0.190. The van der Waals surface area contributed by atoms with E-state index in [1.165, 1.54) is 6.07 Å². The summed E-state index contributed by atoms with van der Waals surface area (Å²) in [5.41, 5.74) is 0.958. The Morgan fingerprint density at radius 1 is 1.43 bits per heavy atom. The molecule has 0 aromatic heterocycles. The van der Waals surface area contributed by atoms with Gasteiger partial charge in [0, 0.05) is 6.54 Å². The highest BCUT2D eigenvalue weighted by atomic mass is 35.5. The van der Waals surface area contributed by atoms with E-state index in [4.69, 9.17) is 4.74 Å². The summed E-state index contributed by atoms with van der Waals surface area (Å²) in [6.45, 7) is 2.20. The van der Waals surface area contributed by atoms with Crippen molar-refractivity contribution >= 4 is 12.4 Å². The van der Waals surface area contributed by atoms with Gasteiger partial charge in [0.25, 0.3) is 0 Å². The molecule has 1 aliphatic rings. The van der Waals surface area contributed by atoms with Crippen LogP contribution in [0.5, 0.6) is 0 Å². The molecule has 1 N–H and O–H groups in total. The zero-order valence-electron chi connectivity index (χ0n) is 7.70. The highest BCUT2D eigenvalue weighted by Crippen LogP contribution is 2.16. The molecule has 1 atom stereocenters. The molecule has 1 fully saturated rings. The summed E-state index contributed by atoms with van der Waals surface area (Å²) in [5, 5.41) is 3.27. The molecule has 0 unspecified atom stereocenters. The first-order valence-electron chi connectivity index (χ1n) is 4.43. The van der Waals surface area contributed by atoms with Crippen LogP contribution in [-0.4, -0.2) is 19.8 Å². The minimum absolute atomic E-state index is 0. The lowest BCUT2D eigenvalue weighted by Crippen LogP contribution is -2.34. The third-order valence-electron chi connectivity index (χ3n) is 2.17. The molecule has 0 bridgehead atoms. The van der Waals surface area contributed by atoms with E-state index in [1.54, 1.807) is 12.1 Å². The quantitative estimate of drug-likeness (QED) is 0.776. The monoisotopic (exact) mass is 217 g/mol. The molecule has 1 aliphatic heterocycles. The molecule has 2 nitrogen and oxygen atoms in total. The maximum atomic E-state index is 12.9. The van der Waals surface area contributed by atoms with E-state index in [-0.39, 0.29) is 24.3 Å². The van der Waals surface area contributed by atoms with Crippen molar-refractivity contribution in [3.63, 3.8) is 0 Å². The fourth-order valence-electron chi connectivity index (χ4n) is 1.50. The van der Waals surface area contributed by atoms with Gasteiger partial charge in [0.05, 0.1) is 19.3 Å². The number of hydrogen-bond acceptors (Lipinski definition) is 2. The maximum absolute atomic E-state index is 12.9. The van der Waals surface area contributed by atoms with E-state index in [0.29, 0.717) is 6.61 Å². The van der Waals surface area contributed by atoms with E-state index < -0.39 is 0 Å². The van der Waals surface area contributed by atoms with Crippen LogP contribution in [0.2, 0.25) is 0 Å². The molecule has 1 aromatic rings. The van der Waals surface area contributed by atoms with E-state index in [1.807, 2.05) is 6.07 Å². The third kappa shape index (κ3) is 2.67. The van der Waals surface area contributed by atoms with Crippen molar-refractivity contribution < 1.29 is 9.13 Å². The average Bonchev–Trinajstić information content (AvgIpc) is 2.19. The molecule has 0 spiro atoms. The molecule has 78 valence electrons. The predicted molar refractivity (Wildman–Crippen MR) is 55.2 cm³/mol. The lowest BCUT2D eigenvalue weighted by Gasteiger charge is -2.24. The summed E-state index contributed by atoms with van der Waals surface area (Å²) >= 11 is 0. The Balaban J connectivity index is 0.000000980. The van der Waals surface area contributed by atoms with Gasteiger partial charge in [-0.15, -0.1) is 12.4 Å². The summed E-state index contributed by atoms with van der Waals surface area (Å²) in [6.07, 6.45) is 0. The highest BCUT2D eigenvalue weighted by Gasteiger charge is 2.14. The SMILES string of the molecule is Cl.Fc1cccc([C@@H]2COCCN2)c1. The smallest absolute Gasteiger partial charge is 0.123 e. The lowest BCUT2D eigenvalue weighted by molar-refractivity contribution is 0.0768. The van der Waals surface area contributed by atoms with Crippen LogP contribution in [-0.2, 0) is 4.74 Å². The Morgan fingerprint density at radius 3 is 2.93 bits per heavy atom. The van der Waals surface area contributed by atoms with Crippen LogP contribution >= 0.6 is 12.4 Å². The van der Waals surface area contributed by atoms with Gasteiger partial charge >= 0.3 is 0 Å². The van der Waals surface area contributed by atoms with Gasteiger partial charge in [0.2, 0.25) is 0 Å². The Morgan fingerprint density at radius 2 is 2.29 bits per heavy atom. The van der Waals surface area contributed by atoms with E-state index in [9.17, 15) is 4.39 Å². The summed E-state index contributed by atoms with van der Waals surface area (Å²) in [7, 11) is 0. The van der Waals surface area contributed by atoms with Crippen LogP contribution in [0.1, 0.15) is 11.6 Å². The molecule has 1 saturated heterocycles. The number of ether oxygens (including phenoxy) is 1. The van der Waals surface area contributed by atoms with E-state index in [2.05, 4.69) is 5.32 Å². The first-order valence-corrected chi connectivity index (χ1v) is 4.43. The zero-order valence-corrected chi connectivity index (χ0v) is 8.52. The second-order valence-corrected chi connectivity index (χ2v) is 3.14. The molecule has 0 aliphatic carbocycles. The molecule has 1 aromatic carbocycles. The summed E-state index contributed by atoms with van der Waals surface area (Å²) in [4.78, 5) is 0. The number of hydrogen-bond donors (Lipinski definition) is 1. The van der Waals surface area contributed by atoms with Gasteiger partial charge in [-0.1, -0.05) is 12.1 Å². The molecular formula is C10H13ClFNO. The molecule has 0 radical (unpaired) electrons. The van der Waals surface area contributed by atoms with Crippen molar-refractivity contribution in [3.8, 4) is 0 Å². The van der Waals surface area contributed by atoms with Crippen LogP contribution in [0, 0.1) is 5.82 Å². The van der Waals surface area contributed by atoms with E-state index >= 15 is 0 Å². The van der Waals surface area contributed by atoms with Crippen LogP contribution < -0.4 is 5.32 Å². The van der Waals surface area contributed by atoms with Crippen molar-refractivity contribution in [3.05, 3.63) is 35.6 Å². The molecule has 1 heterocycles. The van der Waals surface area contributed by atoms with Gasteiger partial charge in [-0.3, -0.25) is 0 Å². The first-order chi connectivity index (χ1) is 6.36. The summed E-state index contributed by atoms with van der Waals surface area (Å²) < 4.78 is 18.1. The highest BCUT2D eigenvalue weighted by molar-refractivity contribution is 5.85. The average molecular weight is 218 g/mol. The van der Waals surface area contributed by atoms with Gasteiger partial charge in [-0.25, -0.2) is 4.39 Å². The van der Waals surface area contributed by atoms with Crippen molar-refractivity contribution in [2.45, 2.75) is 6.04 Å². The minimum Gasteiger partial charge on any atom is -0.378 e. The Kier molecular flexibility index (Phi) is 4.32. The number of morpholine rings is 1.